The number of carbonyl (C=O) groups is 1. The van der Waals surface area contributed by atoms with E-state index in [1.165, 1.54) is 31.5 Å². The first-order chi connectivity index (χ1) is 14.4. The molecule has 0 aromatic heterocycles. The molecule has 3 rings (SSSR count). The van der Waals surface area contributed by atoms with Gasteiger partial charge in [0.2, 0.25) is 0 Å². The minimum Gasteiger partial charge on any atom is -0.493 e. The molecular formula is C21H17BrN2O5S. The van der Waals surface area contributed by atoms with E-state index in [1.807, 2.05) is 6.07 Å². The molecule has 0 radical (unpaired) electrons. The maximum Gasteiger partial charge on any atom is 0.339 e. The Hall–Kier alpha value is -3.17. The number of methoxy groups -OCH3 is 1. The van der Waals surface area contributed by atoms with Gasteiger partial charge in [0.15, 0.2) is 11.5 Å². The number of hydrogen-bond acceptors (Lipinski definition) is 6. The van der Waals surface area contributed by atoms with E-state index in [9.17, 15) is 13.2 Å². The van der Waals surface area contributed by atoms with Crippen LogP contribution in [-0.2, 0) is 10.1 Å². The van der Waals surface area contributed by atoms with Crippen LogP contribution in [0.4, 0.5) is 0 Å². The van der Waals surface area contributed by atoms with Crippen molar-refractivity contribution in [2.45, 2.75) is 4.90 Å². The molecule has 9 heteroatoms. The highest BCUT2D eigenvalue weighted by molar-refractivity contribution is 9.10. The van der Waals surface area contributed by atoms with E-state index < -0.39 is 10.1 Å². The molecule has 0 saturated heterocycles. The number of benzene rings is 3. The molecule has 3 aromatic rings. The second kappa shape index (κ2) is 9.55. The van der Waals surface area contributed by atoms with Gasteiger partial charge in [-0.05, 0) is 54.1 Å². The Morgan fingerprint density at radius 2 is 1.77 bits per heavy atom. The predicted octanol–water partition coefficient (Wildman–Crippen LogP) is 3.99. The largest absolute Gasteiger partial charge is 0.493 e. The molecule has 0 spiro atoms. The van der Waals surface area contributed by atoms with Crippen LogP contribution in [0.1, 0.15) is 15.9 Å². The van der Waals surface area contributed by atoms with Crippen molar-refractivity contribution >= 4 is 38.2 Å². The number of amides is 1. The van der Waals surface area contributed by atoms with E-state index >= 15 is 0 Å². The van der Waals surface area contributed by atoms with E-state index in [0.29, 0.717) is 11.1 Å². The lowest BCUT2D eigenvalue weighted by Crippen LogP contribution is -2.17. The van der Waals surface area contributed by atoms with Crippen molar-refractivity contribution in [1.82, 2.24) is 5.43 Å². The summed E-state index contributed by atoms with van der Waals surface area (Å²) in [7, 11) is -2.60. The summed E-state index contributed by atoms with van der Waals surface area (Å²) in [5, 5.41) is 3.92. The topological polar surface area (TPSA) is 94.1 Å². The van der Waals surface area contributed by atoms with E-state index in [-0.39, 0.29) is 22.3 Å². The molecule has 3 aromatic carbocycles. The first kappa shape index (κ1) is 21.5. The second-order valence-corrected chi connectivity index (χ2v) is 8.43. The van der Waals surface area contributed by atoms with Crippen molar-refractivity contribution in [3.8, 4) is 11.5 Å². The van der Waals surface area contributed by atoms with Gasteiger partial charge in [-0.1, -0.05) is 40.2 Å². The summed E-state index contributed by atoms with van der Waals surface area (Å²) in [5.41, 5.74) is 3.46. The van der Waals surface area contributed by atoms with Crippen LogP contribution in [0.3, 0.4) is 0 Å². The third-order valence-electron chi connectivity index (χ3n) is 3.89. The Morgan fingerprint density at radius 3 is 2.47 bits per heavy atom. The maximum atomic E-state index is 12.4. The fraction of sp³-hybridized carbons (Fsp3) is 0.0476. The van der Waals surface area contributed by atoms with Gasteiger partial charge in [-0.15, -0.1) is 0 Å². The van der Waals surface area contributed by atoms with Crippen LogP contribution >= 0.6 is 15.9 Å². The summed E-state index contributed by atoms with van der Waals surface area (Å²) in [4.78, 5) is 12.1. The third-order valence-corrected chi connectivity index (χ3v) is 5.63. The monoisotopic (exact) mass is 488 g/mol. The molecule has 0 aliphatic carbocycles. The molecule has 7 nitrogen and oxygen atoms in total. The molecule has 30 heavy (non-hydrogen) atoms. The summed E-state index contributed by atoms with van der Waals surface area (Å²) < 4.78 is 36.0. The molecule has 0 saturated carbocycles. The Bertz CT molecular complexity index is 1180. The fourth-order valence-corrected chi connectivity index (χ4v) is 3.81. The Balaban J connectivity index is 1.72. The quantitative estimate of drug-likeness (QED) is 0.308. The van der Waals surface area contributed by atoms with Crippen LogP contribution in [0.15, 0.2) is 87.3 Å². The number of rotatable bonds is 7. The number of hydrazone groups is 1. The van der Waals surface area contributed by atoms with Crippen LogP contribution in [0, 0.1) is 0 Å². The molecule has 1 N–H and O–H groups in total. The average molecular weight is 489 g/mol. The minimum absolute atomic E-state index is 0.0351. The van der Waals surface area contributed by atoms with Crippen LogP contribution in [0.5, 0.6) is 11.5 Å². The van der Waals surface area contributed by atoms with Crippen LogP contribution < -0.4 is 14.3 Å². The van der Waals surface area contributed by atoms with Gasteiger partial charge in [0.05, 0.1) is 13.3 Å². The van der Waals surface area contributed by atoms with Gasteiger partial charge in [-0.3, -0.25) is 4.79 Å². The summed E-state index contributed by atoms with van der Waals surface area (Å²) in [6.45, 7) is 0. The van der Waals surface area contributed by atoms with Crippen molar-refractivity contribution in [3.63, 3.8) is 0 Å². The van der Waals surface area contributed by atoms with Crippen molar-refractivity contribution in [2.75, 3.05) is 7.11 Å². The van der Waals surface area contributed by atoms with E-state index in [0.717, 1.165) is 4.47 Å². The van der Waals surface area contributed by atoms with E-state index in [4.69, 9.17) is 8.92 Å². The number of hydrogen-bond donors (Lipinski definition) is 1. The summed E-state index contributed by atoms with van der Waals surface area (Å²) >= 11 is 3.31. The van der Waals surface area contributed by atoms with Gasteiger partial charge in [0, 0.05) is 10.0 Å². The lowest BCUT2D eigenvalue weighted by molar-refractivity contribution is 0.0955. The Labute approximate surface area is 182 Å². The number of halogens is 1. The van der Waals surface area contributed by atoms with Gasteiger partial charge in [-0.25, -0.2) is 5.43 Å². The van der Waals surface area contributed by atoms with Gasteiger partial charge >= 0.3 is 10.1 Å². The van der Waals surface area contributed by atoms with Gasteiger partial charge in [-0.2, -0.15) is 13.5 Å². The van der Waals surface area contributed by atoms with Crippen LogP contribution in [-0.4, -0.2) is 27.6 Å². The minimum atomic E-state index is -4.00. The zero-order valence-electron chi connectivity index (χ0n) is 15.8. The van der Waals surface area contributed by atoms with Crippen molar-refractivity contribution in [1.29, 1.82) is 0 Å². The van der Waals surface area contributed by atoms with Gasteiger partial charge in [0.25, 0.3) is 5.91 Å². The highest BCUT2D eigenvalue weighted by Gasteiger charge is 2.18. The number of nitrogens with zero attached hydrogens (tertiary/aromatic N) is 1. The summed E-state index contributed by atoms with van der Waals surface area (Å²) in [6, 6.07) is 19.3. The first-order valence-corrected chi connectivity index (χ1v) is 10.9. The van der Waals surface area contributed by atoms with Crippen molar-refractivity contribution < 1.29 is 22.1 Å². The normalized spacial score (nSPS) is 11.3. The van der Waals surface area contributed by atoms with E-state index in [1.54, 1.807) is 48.5 Å². The smallest absolute Gasteiger partial charge is 0.339 e. The number of ether oxygens (including phenoxy) is 1. The third kappa shape index (κ3) is 5.46. The molecule has 0 aliphatic heterocycles. The SMILES string of the molecule is COc1cc(/C=N/NC(=O)c2cccc(Br)c2)ccc1OS(=O)(=O)c1ccccc1. The zero-order chi connectivity index (χ0) is 21.6. The second-order valence-electron chi connectivity index (χ2n) is 5.97. The molecule has 154 valence electrons. The zero-order valence-corrected chi connectivity index (χ0v) is 18.2. The predicted molar refractivity (Wildman–Crippen MR) is 116 cm³/mol. The lowest BCUT2D eigenvalue weighted by atomic mass is 10.2. The number of carbonyl (C=O) groups excluding carboxylic acids is 1. The van der Waals surface area contributed by atoms with E-state index in [2.05, 4.69) is 26.5 Å². The lowest BCUT2D eigenvalue weighted by Gasteiger charge is -2.11. The first-order valence-electron chi connectivity index (χ1n) is 8.65. The maximum absolute atomic E-state index is 12.4. The molecule has 0 unspecified atom stereocenters. The Kier molecular flexibility index (Phi) is 6.86. The standard InChI is InChI=1S/C21H17BrN2O5S/c1-28-20-12-15(14-23-24-21(25)16-6-5-7-17(22)13-16)10-11-19(20)29-30(26,27)18-8-3-2-4-9-18/h2-14H,1H3,(H,24,25)/b23-14+. The average Bonchev–Trinajstić information content (AvgIpc) is 2.75. The van der Waals surface area contributed by atoms with Gasteiger partial charge < -0.3 is 8.92 Å². The van der Waals surface area contributed by atoms with Crippen LogP contribution in [0.25, 0.3) is 0 Å². The molecule has 0 aliphatic rings. The van der Waals surface area contributed by atoms with Crippen molar-refractivity contribution in [3.05, 3.63) is 88.4 Å². The summed E-state index contributed by atoms with van der Waals surface area (Å²) in [6.07, 6.45) is 1.41. The molecule has 0 fully saturated rings. The molecule has 0 atom stereocenters. The highest BCUT2D eigenvalue weighted by atomic mass is 79.9. The molecular weight excluding hydrogens is 472 g/mol. The molecule has 1 amide bonds. The summed E-state index contributed by atoms with van der Waals surface area (Å²) in [5.74, 6) is -0.123. The fourth-order valence-electron chi connectivity index (χ4n) is 2.45. The molecule has 0 bridgehead atoms. The van der Waals surface area contributed by atoms with Crippen molar-refractivity contribution in [2.24, 2.45) is 5.10 Å². The highest BCUT2D eigenvalue weighted by Crippen LogP contribution is 2.30. The van der Waals surface area contributed by atoms with Gasteiger partial charge in [0.1, 0.15) is 4.90 Å². The Morgan fingerprint density at radius 1 is 1.00 bits per heavy atom. The molecule has 0 heterocycles. The number of nitrogens with one attached hydrogen (secondary N) is 1. The van der Waals surface area contributed by atoms with Crippen LogP contribution in [0.2, 0.25) is 0 Å².